The first-order chi connectivity index (χ1) is 9.59. The number of aromatic carboxylic acids is 1. The molecule has 0 spiro atoms. The molecule has 20 heavy (non-hydrogen) atoms. The molecule has 1 fully saturated rings. The molecule has 2 aromatic rings. The number of carbonyl (C=O) groups is 1. The van der Waals surface area contributed by atoms with E-state index in [1.165, 1.54) is 6.20 Å². The molecule has 5 nitrogen and oxygen atoms in total. The van der Waals surface area contributed by atoms with Gasteiger partial charge in [0, 0.05) is 23.5 Å². The van der Waals surface area contributed by atoms with E-state index in [4.69, 9.17) is 0 Å². The van der Waals surface area contributed by atoms with Crippen LogP contribution in [-0.2, 0) is 0 Å². The molecular formula is C15H16N2O3. The molecule has 1 aliphatic rings. The van der Waals surface area contributed by atoms with Gasteiger partial charge in [0.25, 0.3) is 0 Å². The van der Waals surface area contributed by atoms with E-state index in [1.54, 1.807) is 12.1 Å². The standard InChI is InChI=1S/C15H16N2O3/c18-14(19)12-8-16-13(11-5-2-1-4-10(11)12)17-9-15(20)6-3-7-15/h1-2,4-5,8,20H,3,6-7,9H2,(H,16,17)(H,18,19). The Labute approximate surface area is 116 Å². The zero-order chi connectivity index (χ0) is 14.2. The van der Waals surface area contributed by atoms with Crippen LogP contribution in [0, 0.1) is 0 Å². The lowest BCUT2D eigenvalue weighted by Crippen LogP contribution is -2.43. The van der Waals surface area contributed by atoms with E-state index in [0.29, 0.717) is 17.7 Å². The number of anilines is 1. The molecule has 0 bridgehead atoms. The number of rotatable bonds is 4. The van der Waals surface area contributed by atoms with E-state index in [0.717, 1.165) is 24.6 Å². The fraction of sp³-hybridized carbons (Fsp3) is 0.333. The van der Waals surface area contributed by atoms with Gasteiger partial charge in [0.1, 0.15) is 5.82 Å². The first-order valence-corrected chi connectivity index (χ1v) is 6.66. The minimum absolute atomic E-state index is 0.188. The molecule has 1 heterocycles. The summed E-state index contributed by atoms with van der Waals surface area (Å²) in [5.41, 5.74) is -0.456. The van der Waals surface area contributed by atoms with E-state index in [2.05, 4.69) is 10.3 Å². The van der Waals surface area contributed by atoms with Crippen LogP contribution in [0.5, 0.6) is 0 Å². The maximum atomic E-state index is 11.2. The first-order valence-electron chi connectivity index (χ1n) is 6.66. The highest BCUT2D eigenvalue weighted by Crippen LogP contribution is 2.32. The van der Waals surface area contributed by atoms with Crippen molar-refractivity contribution >= 4 is 22.6 Å². The van der Waals surface area contributed by atoms with Crippen molar-refractivity contribution in [3.63, 3.8) is 0 Å². The van der Waals surface area contributed by atoms with Gasteiger partial charge in [-0.3, -0.25) is 0 Å². The van der Waals surface area contributed by atoms with Gasteiger partial charge in [-0.1, -0.05) is 24.3 Å². The Morgan fingerprint density at radius 2 is 2.00 bits per heavy atom. The van der Waals surface area contributed by atoms with E-state index in [9.17, 15) is 15.0 Å². The Morgan fingerprint density at radius 1 is 1.30 bits per heavy atom. The average molecular weight is 272 g/mol. The number of aromatic nitrogens is 1. The number of aliphatic hydroxyl groups is 1. The normalized spacial score (nSPS) is 16.6. The van der Waals surface area contributed by atoms with Crippen LogP contribution >= 0.6 is 0 Å². The fourth-order valence-electron chi connectivity index (χ4n) is 2.51. The summed E-state index contributed by atoms with van der Waals surface area (Å²) in [5, 5.41) is 23.8. The quantitative estimate of drug-likeness (QED) is 0.795. The third kappa shape index (κ3) is 2.20. The average Bonchev–Trinajstić information content (AvgIpc) is 2.42. The van der Waals surface area contributed by atoms with Crippen LogP contribution in [0.25, 0.3) is 10.8 Å². The highest BCUT2D eigenvalue weighted by molar-refractivity contribution is 6.06. The number of nitrogens with one attached hydrogen (secondary N) is 1. The number of fused-ring (bicyclic) bond motifs is 1. The van der Waals surface area contributed by atoms with Crippen molar-refractivity contribution in [1.82, 2.24) is 4.98 Å². The number of carboxylic acid groups (broad SMARTS) is 1. The highest BCUT2D eigenvalue weighted by Gasteiger charge is 2.34. The van der Waals surface area contributed by atoms with Crippen molar-refractivity contribution in [3.05, 3.63) is 36.0 Å². The van der Waals surface area contributed by atoms with Crippen molar-refractivity contribution in [2.75, 3.05) is 11.9 Å². The van der Waals surface area contributed by atoms with Crippen LogP contribution in [0.3, 0.4) is 0 Å². The number of hydrogen-bond donors (Lipinski definition) is 3. The third-order valence-corrected chi connectivity index (χ3v) is 3.89. The Bertz CT molecular complexity index is 665. The van der Waals surface area contributed by atoms with Gasteiger partial charge in [0.2, 0.25) is 0 Å². The molecule has 0 aliphatic heterocycles. The molecule has 5 heteroatoms. The molecule has 1 aliphatic carbocycles. The molecule has 3 rings (SSSR count). The van der Waals surface area contributed by atoms with Crippen molar-refractivity contribution in [2.24, 2.45) is 0 Å². The molecule has 1 aromatic heterocycles. The molecule has 104 valence electrons. The predicted molar refractivity (Wildman–Crippen MR) is 76.0 cm³/mol. The van der Waals surface area contributed by atoms with Crippen LogP contribution in [0.4, 0.5) is 5.82 Å². The maximum Gasteiger partial charge on any atom is 0.337 e. The summed E-state index contributed by atoms with van der Waals surface area (Å²) >= 11 is 0. The first kappa shape index (κ1) is 12.9. The molecule has 3 N–H and O–H groups in total. The summed E-state index contributed by atoms with van der Waals surface area (Å²) in [6.07, 6.45) is 4.00. The Morgan fingerprint density at radius 3 is 2.60 bits per heavy atom. The molecule has 0 amide bonds. The van der Waals surface area contributed by atoms with Crippen LogP contribution < -0.4 is 5.32 Å². The summed E-state index contributed by atoms with van der Waals surface area (Å²) < 4.78 is 0. The van der Waals surface area contributed by atoms with Crippen molar-refractivity contribution in [1.29, 1.82) is 0 Å². The summed E-state index contributed by atoms with van der Waals surface area (Å²) in [6.45, 7) is 0.441. The maximum absolute atomic E-state index is 11.2. The second-order valence-corrected chi connectivity index (χ2v) is 5.30. The minimum Gasteiger partial charge on any atom is -0.478 e. The molecule has 1 aromatic carbocycles. The van der Waals surface area contributed by atoms with Gasteiger partial charge in [0.15, 0.2) is 0 Å². The van der Waals surface area contributed by atoms with Crippen LogP contribution in [0.15, 0.2) is 30.5 Å². The lowest BCUT2D eigenvalue weighted by atomic mass is 9.80. The summed E-state index contributed by atoms with van der Waals surface area (Å²) in [4.78, 5) is 15.4. The van der Waals surface area contributed by atoms with Crippen LogP contribution in [-0.4, -0.2) is 33.3 Å². The Kier molecular flexibility index (Phi) is 3.06. The Hall–Kier alpha value is -2.14. The lowest BCUT2D eigenvalue weighted by Gasteiger charge is -2.36. The third-order valence-electron chi connectivity index (χ3n) is 3.89. The second-order valence-electron chi connectivity index (χ2n) is 5.30. The van der Waals surface area contributed by atoms with Crippen LogP contribution in [0.1, 0.15) is 29.6 Å². The van der Waals surface area contributed by atoms with Crippen molar-refractivity contribution in [2.45, 2.75) is 24.9 Å². The molecular weight excluding hydrogens is 256 g/mol. The monoisotopic (exact) mass is 272 g/mol. The zero-order valence-electron chi connectivity index (χ0n) is 11.0. The van der Waals surface area contributed by atoms with E-state index >= 15 is 0 Å². The molecule has 1 saturated carbocycles. The zero-order valence-corrected chi connectivity index (χ0v) is 11.0. The van der Waals surface area contributed by atoms with Gasteiger partial charge >= 0.3 is 5.97 Å². The summed E-state index contributed by atoms with van der Waals surface area (Å²) in [5.74, 6) is -0.371. The predicted octanol–water partition coefficient (Wildman–Crippen LogP) is 2.26. The lowest BCUT2D eigenvalue weighted by molar-refractivity contribution is -0.0202. The van der Waals surface area contributed by atoms with Gasteiger partial charge < -0.3 is 15.5 Å². The minimum atomic E-state index is -0.988. The number of hydrogen-bond acceptors (Lipinski definition) is 4. The van der Waals surface area contributed by atoms with Crippen molar-refractivity contribution < 1.29 is 15.0 Å². The van der Waals surface area contributed by atoms with E-state index in [-0.39, 0.29) is 5.56 Å². The van der Waals surface area contributed by atoms with Gasteiger partial charge in [-0.2, -0.15) is 0 Å². The smallest absolute Gasteiger partial charge is 0.337 e. The number of benzene rings is 1. The molecule has 0 atom stereocenters. The number of nitrogens with zero attached hydrogens (tertiary/aromatic N) is 1. The van der Waals surface area contributed by atoms with Gasteiger partial charge in [-0.25, -0.2) is 9.78 Å². The van der Waals surface area contributed by atoms with E-state index in [1.807, 2.05) is 12.1 Å². The summed E-state index contributed by atoms with van der Waals surface area (Å²) in [6, 6.07) is 7.25. The second kappa shape index (κ2) is 4.76. The van der Waals surface area contributed by atoms with Gasteiger partial charge in [-0.15, -0.1) is 0 Å². The van der Waals surface area contributed by atoms with E-state index < -0.39 is 11.6 Å². The SMILES string of the molecule is O=C(O)c1cnc(NCC2(O)CCC2)c2ccccc12. The number of carboxylic acids is 1. The topological polar surface area (TPSA) is 82.5 Å². The fourth-order valence-corrected chi connectivity index (χ4v) is 2.51. The Balaban J connectivity index is 1.95. The number of pyridine rings is 1. The molecule has 0 radical (unpaired) electrons. The van der Waals surface area contributed by atoms with Crippen LogP contribution in [0.2, 0.25) is 0 Å². The van der Waals surface area contributed by atoms with Gasteiger partial charge in [-0.05, 0) is 19.3 Å². The highest BCUT2D eigenvalue weighted by atomic mass is 16.4. The summed E-state index contributed by atoms with van der Waals surface area (Å²) in [7, 11) is 0. The van der Waals surface area contributed by atoms with Crippen molar-refractivity contribution in [3.8, 4) is 0 Å². The molecule has 0 saturated heterocycles. The molecule has 0 unspecified atom stereocenters. The largest absolute Gasteiger partial charge is 0.478 e. The van der Waals surface area contributed by atoms with Gasteiger partial charge in [0.05, 0.1) is 11.2 Å².